The lowest BCUT2D eigenvalue weighted by Gasteiger charge is -2.18. The van der Waals surface area contributed by atoms with Crippen LogP contribution in [0, 0.1) is 11.3 Å². The zero-order valence-corrected chi connectivity index (χ0v) is 12.5. The van der Waals surface area contributed by atoms with Crippen molar-refractivity contribution in [2.75, 3.05) is 0 Å². The van der Waals surface area contributed by atoms with Crippen LogP contribution in [0.25, 0.3) is 0 Å². The van der Waals surface area contributed by atoms with Gasteiger partial charge in [-0.3, -0.25) is 0 Å². The van der Waals surface area contributed by atoms with Crippen LogP contribution in [0.1, 0.15) is 79.1 Å². The summed E-state index contributed by atoms with van der Waals surface area (Å²) in [6.45, 7) is 8.83. The second-order valence-corrected chi connectivity index (χ2v) is 6.41. The van der Waals surface area contributed by atoms with Crippen LogP contribution in [0.2, 0.25) is 0 Å². The lowest BCUT2D eigenvalue weighted by atomic mass is 9.88. The molecule has 18 heavy (non-hydrogen) atoms. The summed E-state index contributed by atoms with van der Waals surface area (Å²) >= 11 is 0. The first-order chi connectivity index (χ1) is 8.40. The van der Waals surface area contributed by atoms with Crippen LogP contribution in [-0.4, -0.2) is 11.2 Å². The first-order valence-electron chi connectivity index (χ1n) is 7.26. The van der Waals surface area contributed by atoms with Crippen LogP contribution in [0.5, 0.6) is 0 Å². The van der Waals surface area contributed by atoms with Crippen molar-refractivity contribution in [3.8, 4) is 0 Å². The summed E-state index contributed by atoms with van der Waals surface area (Å²) in [7, 11) is 0. The summed E-state index contributed by atoms with van der Waals surface area (Å²) in [6.07, 6.45) is 8.32. The molecule has 0 spiro atoms. The van der Waals surface area contributed by atoms with Crippen molar-refractivity contribution in [1.29, 1.82) is 0 Å². The summed E-state index contributed by atoms with van der Waals surface area (Å²) < 4.78 is 0. The molecule has 108 valence electrons. The molecule has 0 aliphatic rings. The average Bonchev–Trinajstić information content (AvgIpc) is 2.30. The molecule has 0 aromatic rings. The summed E-state index contributed by atoms with van der Waals surface area (Å²) in [5, 5.41) is 8.50. The molecule has 3 nitrogen and oxygen atoms in total. The molecule has 0 aliphatic carbocycles. The Balaban J connectivity index is 3.90. The van der Waals surface area contributed by atoms with E-state index in [4.69, 9.17) is 5.26 Å². The summed E-state index contributed by atoms with van der Waals surface area (Å²) in [5.41, 5.74) is 0.356. The highest BCUT2D eigenvalue weighted by molar-refractivity contribution is 5.71. The lowest BCUT2D eigenvalue weighted by Crippen LogP contribution is -2.16. The molecule has 0 bridgehead atoms. The molecular formula is C15H30O3. The average molecular weight is 258 g/mol. The molecule has 0 amide bonds. The molecule has 0 heterocycles. The zero-order chi connectivity index (χ0) is 14.0. The molecule has 0 rings (SSSR count). The van der Waals surface area contributed by atoms with Gasteiger partial charge in [-0.05, 0) is 24.7 Å². The van der Waals surface area contributed by atoms with Gasteiger partial charge in [0.15, 0.2) is 0 Å². The number of carbonyl (C=O) groups excluding carboxylic acids is 1. The summed E-state index contributed by atoms with van der Waals surface area (Å²) in [5.74, 6) is -0.580. The van der Waals surface area contributed by atoms with Crippen molar-refractivity contribution in [3.63, 3.8) is 0 Å². The second kappa shape index (κ2) is 9.37. The highest BCUT2D eigenvalue weighted by Gasteiger charge is 2.20. The molecule has 1 unspecified atom stereocenters. The summed E-state index contributed by atoms with van der Waals surface area (Å²) in [4.78, 5) is 15.3. The molecule has 0 fully saturated rings. The Morgan fingerprint density at radius 3 is 2.11 bits per heavy atom. The van der Waals surface area contributed by atoms with E-state index in [9.17, 15) is 4.79 Å². The third-order valence-corrected chi connectivity index (χ3v) is 3.31. The molecule has 0 aliphatic heterocycles. The van der Waals surface area contributed by atoms with Gasteiger partial charge in [0.25, 0.3) is 0 Å². The van der Waals surface area contributed by atoms with Gasteiger partial charge < -0.3 is 4.89 Å². The van der Waals surface area contributed by atoms with Gasteiger partial charge in [-0.2, -0.15) is 5.26 Å². The SMILES string of the molecule is CCCCCC(CCCCC(C)(C)C)C(=O)OO. The Labute approximate surface area is 112 Å². The Morgan fingerprint density at radius 1 is 1.11 bits per heavy atom. The molecule has 0 radical (unpaired) electrons. The first kappa shape index (κ1) is 17.4. The molecule has 0 aromatic carbocycles. The van der Waals surface area contributed by atoms with E-state index < -0.39 is 5.97 Å². The third kappa shape index (κ3) is 9.46. The fourth-order valence-corrected chi connectivity index (χ4v) is 2.14. The largest absolute Gasteiger partial charge is 0.345 e. The van der Waals surface area contributed by atoms with Gasteiger partial charge in [0, 0.05) is 0 Å². The van der Waals surface area contributed by atoms with Crippen LogP contribution in [-0.2, 0) is 9.68 Å². The Kier molecular flexibility index (Phi) is 9.08. The Bertz CT molecular complexity index is 218. The van der Waals surface area contributed by atoms with Gasteiger partial charge >= 0.3 is 5.97 Å². The standard InChI is InChI=1S/C15H30O3/c1-5-6-7-10-13(14(16)18-17)11-8-9-12-15(2,3)4/h13,17H,5-12H2,1-4H3. The topological polar surface area (TPSA) is 46.5 Å². The van der Waals surface area contributed by atoms with E-state index in [0.717, 1.165) is 44.9 Å². The van der Waals surface area contributed by atoms with E-state index in [1.807, 2.05) is 0 Å². The van der Waals surface area contributed by atoms with E-state index in [2.05, 4.69) is 32.6 Å². The van der Waals surface area contributed by atoms with E-state index in [1.165, 1.54) is 6.42 Å². The van der Waals surface area contributed by atoms with Crippen LogP contribution in [0.15, 0.2) is 0 Å². The lowest BCUT2D eigenvalue weighted by molar-refractivity contribution is -0.239. The molecule has 1 atom stereocenters. The summed E-state index contributed by atoms with van der Waals surface area (Å²) in [6, 6.07) is 0. The number of hydrogen-bond donors (Lipinski definition) is 1. The van der Waals surface area contributed by atoms with Crippen molar-refractivity contribution < 1.29 is 14.9 Å². The highest BCUT2D eigenvalue weighted by Crippen LogP contribution is 2.24. The van der Waals surface area contributed by atoms with Crippen LogP contribution >= 0.6 is 0 Å². The zero-order valence-electron chi connectivity index (χ0n) is 12.5. The van der Waals surface area contributed by atoms with Gasteiger partial charge in [0.1, 0.15) is 0 Å². The normalized spacial score (nSPS) is 13.4. The molecule has 1 N–H and O–H groups in total. The Hall–Kier alpha value is -0.570. The van der Waals surface area contributed by atoms with E-state index in [1.54, 1.807) is 0 Å². The minimum atomic E-state index is -0.457. The van der Waals surface area contributed by atoms with E-state index in [0.29, 0.717) is 5.41 Å². The van der Waals surface area contributed by atoms with Crippen LogP contribution in [0.3, 0.4) is 0 Å². The molecule has 0 saturated heterocycles. The predicted octanol–water partition coefficient (Wildman–Crippen LogP) is 4.81. The van der Waals surface area contributed by atoms with Gasteiger partial charge in [-0.1, -0.05) is 59.8 Å². The van der Waals surface area contributed by atoms with E-state index >= 15 is 0 Å². The van der Waals surface area contributed by atoms with Crippen molar-refractivity contribution in [1.82, 2.24) is 0 Å². The van der Waals surface area contributed by atoms with Crippen molar-refractivity contribution in [3.05, 3.63) is 0 Å². The van der Waals surface area contributed by atoms with E-state index in [-0.39, 0.29) is 5.92 Å². The predicted molar refractivity (Wildman–Crippen MR) is 74.3 cm³/mol. The van der Waals surface area contributed by atoms with Gasteiger partial charge in [-0.25, -0.2) is 4.79 Å². The second-order valence-electron chi connectivity index (χ2n) is 6.41. The monoisotopic (exact) mass is 258 g/mol. The third-order valence-electron chi connectivity index (χ3n) is 3.31. The van der Waals surface area contributed by atoms with Crippen molar-refractivity contribution >= 4 is 5.97 Å². The quantitative estimate of drug-likeness (QED) is 0.367. The Morgan fingerprint density at radius 2 is 1.67 bits per heavy atom. The van der Waals surface area contributed by atoms with Crippen LogP contribution in [0.4, 0.5) is 0 Å². The maximum atomic E-state index is 11.4. The minimum absolute atomic E-state index is 0.124. The first-order valence-corrected chi connectivity index (χ1v) is 7.26. The number of rotatable bonds is 9. The number of carbonyl (C=O) groups is 1. The fraction of sp³-hybridized carbons (Fsp3) is 0.933. The minimum Gasteiger partial charge on any atom is -0.301 e. The maximum Gasteiger partial charge on any atom is 0.345 e. The highest BCUT2D eigenvalue weighted by atomic mass is 17.1. The van der Waals surface area contributed by atoms with Crippen LogP contribution < -0.4 is 0 Å². The molecular weight excluding hydrogens is 228 g/mol. The number of hydrogen-bond acceptors (Lipinski definition) is 3. The van der Waals surface area contributed by atoms with Gasteiger partial charge in [-0.15, -0.1) is 0 Å². The molecule has 3 heteroatoms. The van der Waals surface area contributed by atoms with Gasteiger partial charge in [0.05, 0.1) is 5.92 Å². The smallest absolute Gasteiger partial charge is 0.301 e. The number of unbranched alkanes of at least 4 members (excludes halogenated alkanes) is 3. The molecule has 0 saturated carbocycles. The maximum absolute atomic E-state index is 11.4. The molecule has 0 aromatic heterocycles. The van der Waals surface area contributed by atoms with Crippen molar-refractivity contribution in [2.24, 2.45) is 11.3 Å². The van der Waals surface area contributed by atoms with Crippen molar-refractivity contribution in [2.45, 2.75) is 79.1 Å². The fourth-order valence-electron chi connectivity index (χ4n) is 2.14. The van der Waals surface area contributed by atoms with Gasteiger partial charge in [0.2, 0.25) is 0 Å².